The number of hydrogen-bond acceptors (Lipinski definition) is 6. The van der Waals surface area contributed by atoms with Crippen molar-refractivity contribution in [3.63, 3.8) is 0 Å². The van der Waals surface area contributed by atoms with Gasteiger partial charge in [-0.15, -0.1) is 0 Å². The number of carbonyl (C=O) groups is 3. The van der Waals surface area contributed by atoms with Crippen LogP contribution < -0.4 is 14.4 Å². The fourth-order valence-electron chi connectivity index (χ4n) is 3.25. The van der Waals surface area contributed by atoms with Crippen LogP contribution >= 0.6 is 0 Å². The minimum atomic E-state index is -0.628. The number of benzene rings is 2. The molecule has 0 radical (unpaired) electrons. The van der Waals surface area contributed by atoms with E-state index in [1.165, 1.54) is 6.08 Å². The van der Waals surface area contributed by atoms with E-state index < -0.39 is 5.97 Å². The highest BCUT2D eigenvalue weighted by Gasteiger charge is 2.24. The number of esters is 1. The van der Waals surface area contributed by atoms with E-state index in [9.17, 15) is 14.4 Å². The summed E-state index contributed by atoms with van der Waals surface area (Å²) in [6, 6.07) is 10.4. The van der Waals surface area contributed by atoms with E-state index in [1.54, 1.807) is 54.4 Å². The van der Waals surface area contributed by atoms with Gasteiger partial charge in [-0.3, -0.25) is 9.59 Å². The Balaban J connectivity index is 1.58. The normalized spacial score (nSPS) is 12.7. The van der Waals surface area contributed by atoms with Crippen LogP contribution in [0.15, 0.2) is 42.5 Å². The fraction of sp³-hybridized carbons (Fsp3) is 0.292. The van der Waals surface area contributed by atoms with Gasteiger partial charge in [0.2, 0.25) is 5.91 Å². The van der Waals surface area contributed by atoms with Crippen molar-refractivity contribution in [3.05, 3.63) is 59.2 Å². The average molecular weight is 423 g/mol. The molecular weight excluding hydrogens is 398 g/mol. The van der Waals surface area contributed by atoms with Gasteiger partial charge in [-0.2, -0.15) is 0 Å². The first-order valence-corrected chi connectivity index (χ1v) is 10.1. The summed E-state index contributed by atoms with van der Waals surface area (Å²) in [6.45, 7) is 4.40. The minimum absolute atomic E-state index is 0.0158. The number of rotatable bonds is 9. The fourth-order valence-corrected chi connectivity index (χ4v) is 3.25. The van der Waals surface area contributed by atoms with Crippen molar-refractivity contribution in [2.45, 2.75) is 20.3 Å². The Morgan fingerprint density at radius 3 is 2.52 bits per heavy atom. The highest BCUT2D eigenvalue weighted by molar-refractivity contribution is 6.04. The minimum Gasteiger partial charge on any atom is -0.490 e. The number of ether oxygens (including phenoxy) is 3. The molecule has 0 aromatic heterocycles. The predicted octanol–water partition coefficient (Wildman–Crippen LogP) is 3.44. The van der Waals surface area contributed by atoms with Crippen molar-refractivity contribution in [2.75, 3.05) is 31.8 Å². The number of carbonyl (C=O) groups excluding carboxylic acids is 3. The molecule has 0 saturated carbocycles. The molecule has 7 heteroatoms. The van der Waals surface area contributed by atoms with Gasteiger partial charge in [0.1, 0.15) is 0 Å². The molecule has 0 fully saturated rings. The molecular formula is C24H25NO6. The van der Waals surface area contributed by atoms with Gasteiger partial charge in [0.15, 0.2) is 23.9 Å². The lowest BCUT2D eigenvalue weighted by atomic mass is 10.1. The Morgan fingerprint density at radius 1 is 1.03 bits per heavy atom. The summed E-state index contributed by atoms with van der Waals surface area (Å²) in [5.74, 6) is 0.258. The Kier molecular flexibility index (Phi) is 7.07. The highest BCUT2D eigenvalue weighted by atomic mass is 16.5. The largest absolute Gasteiger partial charge is 0.490 e. The van der Waals surface area contributed by atoms with E-state index in [0.29, 0.717) is 30.3 Å². The molecule has 1 aliphatic heterocycles. The third kappa shape index (κ3) is 5.31. The molecule has 2 aromatic rings. The van der Waals surface area contributed by atoms with E-state index in [0.717, 1.165) is 16.8 Å². The van der Waals surface area contributed by atoms with Crippen LogP contribution in [0.5, 0.6) is 11.5 Å². The Bertz CT molecular complexity index is 1030. The average Bonchev–Trinajstić information content (AvgIpc) is 3.05. The van der Waals surface area contributed by atoms with Gasteiger partial charge in [0.25, 0.3) is 0 Å². The predicted molar refractivity (Wildman–Crippen MR) is 117 cm³/mol. The van der Waals surface area contributed by atoms with E-state index in [4.69, 9.17) is 14.2 Å². The van der Waals surface area contributed by atoms with Crippen LogP contribution in [-0.2, 0) is 20.7 Å². The maximum Gasteiger partial charge on any atom is 0.331 e. The Morgan fingerprint density at radius 2 is 1.77 bits per heavy atom. The first-order chi connectivity index (χ1) is 14.9. The number of anilines is 1. The molecule has 1 heterocycles. The Labute approximate surface area is 181 Å². The summed E-state index contributed by atoms with van der Waals surface area (Å²) in [7, 11) is 1.70. The van der Waals surface area contributed by atoms with Crippen LogP contribution in [0.1, 0.15) is 35.3 Å². The number of hydrogen-bond donors (Lipinski definition) is 0. The van der Waals surface area contributed by atoms with Gasteiger partial charge in [0.05, 0.1) is 19.6 Å². The zero-order valence-corrected chi connectivity index (χ0v) is 17.8. The molecule has 0 spiro atoms. The van der Waals surface area contributed by atoms with Crippen molar-refractivity contribution in [1.82, 2.24) is 0 Å². The van der Waals surface area contributed by atoms with Gasteiger partial charge >= 0.3 is 5.97 Å². The molecule has 0 atom stereocenters. The first kappa shape index (κ1) is 22.1. The van der Waals surface area contributed by atoms with Crippen molar-refractivity contribution in [1.29, 1.82) is 0 Å². The Hall–Kier alpha value is -3.61. The molecule has 0 N–H and O–H groups in total. The van der Waals surface area contributed by atoms with Crippen LogP contribution in [-0.4, -0.2) is 44.5 Å². The molecule has 0 unspecified atom stereocenters. The number of Topliss-reactive ketones (excluding diaryl/α,β-unsaturated/α-hetero) is 1. The number of fused-ring (bicyclic) bond motifs is 1. The van der Waals surface area contributed by atoms with Gasteiger partial charge in [-0.25, -0.2) is 4.79 Å². The smallest absolute Gasteiger partial charge is 0.331 e. The molecule has 1 amide bonds. The molecule has 1 aliphatic rings. The summed E-state index contributed by atoms with van der Waals surface area (Å²) in [5.41, 5.74) is 2.74. The summed E-state index contributed by atoms with van der Waals surface area (Å²) >= 11 is 0. The number of amides is 1. The quantitative estimate of drug-likeness (QED) is 0.349. The second kappa shape index (κ2) is 9.93. The van der Waals surface area contributed by atoms with Crippen molar-refractivity contribution >= 4 is 29.4 Å². The number of likely N-dealkylation sites (N-methyl/N-ethyl adjacent to an activating group) is 1. The molecule has 31 heavy (non-hydrogen) atoms. The van der Waals surface area contributed by atoms with E-state index in [1.807, 2.05) is 13.8 Å². The summed E-state index contributed by atoms with van der Waals surface area (Å²) in [4.78, 5) is 37.7. The summed E-state index contributed by atoms with van der Waals surface area (Å²) in [5, 5.41) is 0. The van der Waals surface area contributed by atoms with E-state index >= 15 is 0 Å². The van der Waals surface area contributed by atoms with E-state index in [2.05, 4.69) is 0 Å². The number of ketones is 1. The standard InChI is InChI=1S/C24H25NO6/c1-4-29-21-10-6-16(12-22(21)30-5-2)7-11-24(28)31-15-20(26)17-8-9-19-18(13-17)14-23(27)25(19)3/h6-13H,4-5,14-15H2,1-3H3/b11-7+. The number of nitrogens with zero attached hydrogens (tertiary/aromatic N) is 1. The maximum atomic E-state index is 12.4. The van der Waals surface area contributed by atoms with Gasteiger partial charge < -0.3 is 19.1 Å². The van der Waals surface area contributed by atoms with Crippen LogP contribution in [0.4, 0.5) is 5.69 Å². The third-order valence-corrected chi connectivity index (χ3v) is 4.80. The lowest BCUT2D eigenvalue weighted by Gasteiger charge is -2.11. The summed E-state index contributed by atoms with van der Waals surface area (Å²) < 4.78 is 16.2. The van der Waals surface area contributed by atoms with Gasteiger partial charge in [-0.1, -0.05) is 6.07 Å². The lowest BCUT2D eigenvalue weighted by Crippen LogP contribution is -2.20. The van der Waals surface area contributed by atoms with Gasteiger partial charge in [-0.05, 0) is 61.4 Å². The van der Waals surface area contributed by atoms with Crippen molar-refractivity contribution in [2.24, 2.45) is 0 Å². The monoisotopic (exact) mass is 423 g/mol. The summed E-state index contributed by atoms with van der Waals surface area (Å²) in [6.07, 6.45) is 3.11. The molecule has 2 aromatic carbocycles. The molecule has 3 rings (SSSR count). The third-order valence-electron chi connectivity index (χ3n) is 4.80. The van der Waals surface area contributed by atoms with Crippen LogP contribution in [0.25, 0.3) is 6.08 Å². The second-order valence-corrected chi connectivity index (χ2v) is 6.91. The van der Waals surface area contributed by atoms with Crippen molar-refractivity contribution in [3.8, 4) is 11.5 Å². The molecule has 162 valence electrons. The zero-order valence-electron chi connectivity index (χ0n) is 17.8. The molecule has 0 bridgehead atoms. The molecule has 7 nitrogen and oxygen atoms in total. The molecule has 0 saturated heterocycles. The molecule has 0 aliphatic carbocycles. The van der Waals surface area contributed by atoms with Crippen LogP contribution in [0.3, 0.4) is 0 Å². The first-order valence-electron chi connectivity index (χ1n) is 10.1. The zero-order chi connectivity index (χ0) is 22.4. The second-order valence-electron chi connectivity index (χ2n) is 6.91. The SMILES string of the molecule is CCOc1ccc(/C=C/C(=O)OCC(=O)c2ccc3c(c2)CC(=O)N3C)cc1OCC. The highest BCUT2D eigenvalue weighted by Crippen LogP contribution is 2.29. The lowest BCUT2D eigenvalue weighted by molar-refractivity contribution is -0.136. The van der Waals surface area contributed by atoms with Gasteiger partial charge in [0, 0.05) is 24.4 Å². The van der Waals surface area contributed by atoms with Crippen molar-refractivity contribution < 1.29 is 28.6 Å². The maximum absolute atomic E-state index is 12.4. The van der Waals surface area contributed by atoms with Crippen LogP contribution in [0.2, 0.25) is 0 Å². The topological polar surface area (TPSA) is 82.1 Å². The van der Waals surface area contributed by atoms with Crippen LogP contribution in [0, 0.1) is 0 Å². The van der Waals surface area contributed by atoms with E-state index in [-0.39, 0.29) is 24.7 Å².